The summed E-state index contributed by atoms with van der Waals surface area (Å²) in [6.07, 6.45) is 4.77. The van der Waals surface area contributed by atoms with Crippen molar-refractivity contribution in [1.29, 1.82) is 0 Å². The summed E-state index contributed by atoms with van der Waals surface area (Å²) in [6.45, 7) is 4.18. The van der Waals surface area contributed by atoms with Crippen molar-refractivity contribution in [2.75, 3.05) is 0 Å². The molecule has 104 valence electrons. The second-order valence-electron chi connectivity index (χ2n) is 4.99. The molecule has 2 rings (SSSR count). The highest BCUT2D eigenvalue weighted by Crippen LogP contribution is 2.27. The lowest BCUT2D eigenvalue weighted by Crippen LogP contribution is -2.18. The molecule has 19 heavy (non-hydrogen) atoms. The Hall–Kier alpha value is -0.840. The smallest absolute Gasteiger partial charge is 0.0834 e. The van der Waals surface area contributed by atoms with E-state index in [-0.39, 0.29) is 12.1 Å². The lowest BCUT2D eigenvalue weighted by molar-refractivity contribution is 0.472. The van der Waals surface area contributed by atoms with Crippen molar-refractivity contribution in [1.82, 2.24) is 9.78 Å². The number of hydrogen-bond acceptors (Lipinski definition) is 3. The van der Waals surface area contributed by atoms with Gasteiger partial charge in [0.15, 0.2) is 0 Å². The van der Waals surface area contributed by atoms with Crippen LogP contribution in [-0.4, -0.2) is 9.78 Å². The Morgan fingerprint density at radius 1 is 1.47 bits per heavy atom. The third-order valence-electron chi connectivity index (χ3n) is 3.15. The molecular formula is C14H20ClN3S. The van der Waals surface area contributed by atoms with Crippen molar-refractivity contribution >= 4 is 22.9 Å². The number of nitrogens with two attached hydrogens (primary N) is 1. The van der Waals surface area contributed by atoms with Gasteiger partial charge < -0.3 is 5.73 Å². The van der Waals surface area contributed by atoms with Crippen LogP contribution in [0.1, 0.15) is 49.3 Å². The van der Waals surface area contributed by atoms with E-state index in [2.05, 4.69) is 36.5 Å². The molecule has 0 aliphatic carbocycles. The zero-order valence-electron chi connectivity index (χ0n) is 11.3. The van der Waals surface area contributed by atoms with Crippen molar-refractivity contribution in [2.45, 2.75) is 45.2 Å². The normalized spacial score (nSPS) is 13.1. The fourth-order valence-corrected chi connectivity index (χ4v) is 3.22. The number of rotatable bonds is 6. The average molecular weight is 298 g/mol. The predicted octanol–water partition coefficient (Wildman–Crippen LogP) is 4.20. The van der Waals surface area contributed by atoms with Crippen molar-refractivity contribution in [3.8, 4) is 0 Å². The summed E-state index contributed by atoms with van der Waals surface area (Å²) >= 11 is 8.00. The van der Waals surface area contributed by atoms with Gasteiger partial charge in [0.2, 0.25) is 0 Å². The van der Waals surface area contributed by atoms with E-state index in [1.807, 2.05) is 4.68 Å². The lowest BCUT2D eigenvalue weighted by Gasteiger charge is -2.17. The predicted molar refractivity (Wildman–Crippen MR) is 81.8 cm³/mol. The molecule has 0 amide bonds. The number of aryl methyl sites for hydroxylation is 1. The van der Waals surface area contributed by atoms with Crippen molar-refractivity contribution < 1.29 is 0 Å². The Kier molecular flexibility index (Phi) is 5.02. The first-order chi connectivity index (χ1) is 9.09. The SMILES string of the molecule is CC(C)n1ncc(Cl)c1C(N)CCCc1cccs1. The van der Waals surface area contributed by atoms with Crippen LogP contribution in [0.15, 0.2) is 23.7 Å². The number of nitrogens with zero attached hydrogens (tertiary/aromatic N) is 2. The molecule has 0 fully saturated rings. The van der Waals surface area contributed by atoms with Gasteiger partial charge in [0.25, 0.3) is 0 Å². The minimum Gasteiger partial charge on any atom is -0.323 e. The van der Waals surface area contributed by atoms with Gasteiger partial charge in [-0.15, -0.1) is 11.3 Å². The minimum atomic E-state index is -0.0441. The molecule has 0 aliphatic heterocycles. The molecule has 1 unspecified atom stereocenters. The summed E-state index contributed by atoms with van der Waals surface area (Å²) in [4.78, 5) is 1.41. The first-order valence-corrected chi connectivity index (χ1v) is 7.86. The van der Waals surface area contributed by atoms with Crippen LogP contribution in [0.2, 0.25) is 5.02 Å². The number of hydrogen-bond donors (Lipinski definition) is 1. The highest BCUT2D eigenvalue weighted by Gasteiger charge is 2.18. The van der Waals surface area contributed by atoms with E-state index in [9.17, 15) is 0 Å². The molecule has 5 heteroatoms. The van der Waals surface area contributed by atoms with Gasteiger partial charge in [-0.05, 0) is 44.6 Å². The fraction of sp³-hybridized carbons (Fsp3) is 0.500. The second kappa shape index (κ2) is 6.55. The van der Waals surface area contributed by atoms with Gasteiger partial charge in [-0.1, -0.05) is 17.7 Å². The summed E-state index contributed by atoms with van der Waals surface area (Å²) in [5, 5.41) is 7.09. The molecular weight excluding hydrogens is 278 g/mol. The van der Waals surface area contributed by atoms with Gasteiger partial charge in [0, 0.05) is 17.0 Å². The number of aromatic nitrogens is 2. The summed E-state index contributed by atoms with van der Waals surface area (Å²) in [5.41, 5.74) is 7.24. The molecule has 0 aromatic carbocycles. The molecule has 1 atom stereocenters. The minimum absolute atomic E-state index is 0.0441. The summed E-state index contributed by atoms with van der Waals surface area (Å²) < 4.78 is 1.93. The molecule has 2 heterocycles. The Balaban J connectivity index is 1.96. The quantitative estimate of drug-likeness (QED) is 0.868. The van der Waals surface area contributed by atoms with Crippen LogP contribution >= 0.6 is 22.9 Å². The van der Waals surface area contributed by atoms with Gasteiger partial charge >= 0.3 is 0 Å². The third kappa shape index (κ3) is 3.59. The van der Waals surface area contributed by atoms with Gasteiger partial charge in [-0.25, -0.2) is 0 Å². The van der Waals surface area contributed by atoms with E-state index in [0.29, 0.717) is 5.02 Å². The van der Waals surface area contributed by atoms with Crippen LogP contribution in [0.5, 0.6) is 0 Å². The number of thiophene rings is 1. The van der Waals surface area contributed by atoms with Crippen molar-refractivity contribution in [3.05, 3.63) is 39.3 Å². The van der Waals surface area contributed by atoms with Crippen molar-refractivity contribution in [2.24, 2.45) is 5.73 Å². The topological polar surface area (TPSA) is 43.8 Å². The fourth-order valence-electron chi connectivity index (χ4n) is 2.20. The van der Waals surface area contributed by atoms with E-state index in [0.717, 1.165) is 25.0 Å². The molecule has 0 bridgehead atoms. The van der Waals surface area contributed by atoms with Gasteiger partial charge in [0.05, 0.1) is 16.9 Å². The second-order valence-corrected chi connectivity index (χ2v) is 6.43. The molecule has 3 nitrogen and oxygen atoms in total. The van der Waals surface area contributed by atoms with E-state index in [1.165, 1.54) is 4.88 Å². The molecule has 2 aromatic heterocycles. The van der Waals surface area contributed by atoms with Gasteiger partial charge in [0.1, 0.15) is 0 Å². The largest absolute Gasteiger partial charge is 0.323 e. The van der Waals surface area contributed by atoms with Crippen LogP contribution in [0.4, 0.5) is 0 Å². The summed E-state index contributed by atoms with van der Waals surface area (Å²) in [6, 6.07) is 4.50. The Labute approximate surface area is 123 Å². The van der Waals surface area contributed by atoms with Gasteiger partial charge in [-0.3, -0.25) is 4.68 Å². The Morgan fingerprint density at radius 2 is 2.26 bits per heavy atom. The number of halogens is 1. The van der Waals surface area contributed by atoms with E-state index in [1.54, 1.807) is 17.5 Å². The summed E-state index contributed by atoms with van der Waals surface area (Å²) in [5.74, 6) is 0. The first-order valence-electron chi connectivity index (χ1n) is 6.60. The first kappa shape index (κ1) is 14.6. The summed E-state index contributed by atoms with van der Waals surface area (Å²) in [7, 11) is 0. The molecule has 0 aliphatic rings. The van der Waals surface area contributed by atoms with E-state index < -0.39 is 0 Å². The van der Waals surface area contributed by atoms with E-state index in [4.69, 9.17) is 17.3 Å². The molecule has 2 N–H and O–H groups in total. The molecule has 0 radical (unpaired) electrons. The molecule has 0 saturated carbocycles. The zero-order valence-corrected chi connectivity index (χ0v) is 12.9. The Morgan fingerprint density at radius 3 is 2.89 bits per heavy atom. The monoisotopic (exact) mass is 297 g/mol. The van der Waals surface area contributed by atoms with Crippen LogP contribution in [-0.2, 0) is 6.42 Å². The maximum atomic E-state index is 6.28. The maximum Gasteiger partial charge on any atom is 0.0834 e. The van der Waals surface area contributed by atoms with Crippen LogP contribution < -0.4 is 5.73 Å². The average Bonchev–Trinajstić information content (AvgIpc) is 2.98. The standard InChI is InChI=1S/C14H20ClN3S/c1-10(2)18-14(12(15)9-17-18)13(16)7-3-5-11-6-4-8-19-11/h4,6,8-10,13H,3,5,7,16H2,1-2H3. The van der Waals surface area contributed by atoms with E-state index >= 15 is 0 Å². The maximum absolute atomic E-state index is 6.28. The molecule has 2 aromatic rings. The molecule has 0 saturated heterocycles. The highest BCUT2D eigenvalue weighted by molar-refractivity contribution is 7.09. The van der Waals surface area contributed by atoms with Crippen molar-refractivity contribution in [3.63, 3.8) is 0 Å². The third-order valence-corrected chi connectivity index (χ3v) is 4.37. The zero-order chi connectivity index (χ0) is 13.8. The highest BCUT2D eigenvalue weighted by atomic mass is 35.5. The lowest BCUT2D eigenvalue weighted by atomic mass is 10.1. The van der Waals surface area contributed by atoms with Crippen LogP contribution in [0.3, 0.4) is 0 Å². The Bertz CT molecular complexity index is 505. The van der Waals surface area contributed by atoms with Crippen LogP contribution in [0.25, 0.3) is 0 Å². The molecule has 0 spiro atoms. The van der Waals surface area contributed by atoms with Crippen LogP contribution in [0, 0.1) is 0 Å². The van der Waals surface area contributed by atoms with Gasteiger partial charge in [-0.2, -0.15) is 5.10 Å².